The molecule has 100 valence electrons. The SMILES string of the molecule is COC(=O)c1c(SC)[nH]c2cc(OC)ccc2c1=O. The standard InChI is InChI=1S/C13H13NO4S/c1-17-7-4-5-8-9(6-7)14-12(19-3)10(11(8)15)13(16)18-2/h4-6H,1-3H3,(H,14,15). The molecule has 0 saturated carbocycles. The lowest BCUT2D eigenvalue weighted by molar-refractivity contribution is 0.0594. The Hall–Kier alpha value is -1.95. The fourth-order valence-electron chi connectivity index (χ4n) is 1.81. The lowest BCUT2D eigenvalue weighted by Gasteiger charge is -2.08. The lowest BCUT2D eigenvalue weighted by Crippen LogP contribution is -2.19. The van der Waals surface area contributed by atoms with Crippen LogP contribution in [0.5, 0.6) is 5.75 Å². The molecule has 1 heterocycles. The van der Waals surface area contributed by atoms with Gasteiger partial charge >= 0.3 is 5.97 Å². The molecule has 1 aromatic heterocycles. The van der Waals surface area contributed by atoms with Gasteiger partial charge in [0.25, 0.3) is 0 Å². The number of aromatic amines is 1. The zero-order valence-electron chi connectivity index (χ0n) is 10.8. The van der Waals surface area contributed by atoms with Gasteiger partial charge in [-0.1, -0.05) is 0 Å². The minimum atomic E-state index is -0.636. The molecule has 0 fully saturated rings. The molecule has 6 heteroatoms. The van der Waals surface area contributed by atoms with Crippen LogP contribution in [0.3, 0.4) is 0 Å². The van der Waals surface area contributed by atoms with E-state index < -0.39 is 5.97 Å². The normalized spacial score (nSPS) is 10.5. The molecule has 0 amide bonds. The highest BCUT2D eigenvalue weighted by Gasteiger charge is 2.19. The van der Waals surface area contributed by atoms with Gasteiger partial charge in [0.15, 0.2) is 0 Å². The Kier molecular flexibility index (Phi) is 3.80. The van der Waals surface area contributed by atoms with Crippen molar-refractivity contribution in [3.63, 3.8) is 0 Å². The van der Waals surface area contributed by atoms with E-state index in [2.05, 4.69) is 9.72 Å². The number of benzene rings is 1. The molecule has 0 spiro atoms. The van der Waals surface area contributed by atoms with E-state index in [1.165, 1.54) is 18.9 Å². The Morgan fingerprint density at radius 3 is 2.63 bits per heavy atom. The van der Waals surface area contributed by atoms with Crippen molar-refractivity contribution in [1.29, 1.82) is 0 Å². The second kappa shape index (κ2) is 5.36. The van der Waals surface area contributed by atoms with Gasteiger partial charge in [0.2, 0.25) is 5.43 Å². The molecule has 2 rings (SSSR count). The molecule has 1 N–H and O–H groups in total. The highest BCUT2D eigenvalue weighted by atomic mass is 32.2. The molecule has 2 aromatic rings. The highest BCUT2D eigenvalue weighted by Crippen LogP contribution is 2.22. The Balaban J connectivity index is 2.81. The van der Waals surface area contributed by atoms with Crippen LogP contribution in [0.4, 0.5) is 0 Å². The fourth-order valence-corrected chi connectivity index (χ4v) is 2.41. The van der Waals surface area contributed by atoms with Crippen LogP contribution in [-0.2, 0) is 4.74 Å². The molecule has 0 aliphatic rings. The molecule has 0 radical (unpaired) electrons. The number of thioether (sulfide) groups is 1. The number of nitrogens with one attached hydrogen (secondary N) is 1. The van der Waals surface area contributed by atoms with E-state index in [0.29, 0.717) is 21.7 Å². The maximum absolute atomic E-state index is 12.3. The second-order valence-corrected chi connectivity index (χ2v) is 4.58. The van der Waals surface area contributed by atoms with Crippen molar-refractivity contribution in [3.8, 4) is 5.75 Å². The number of aromatic nitrogens is 1. The van der Waals surface area contributed by atoms with Gasteiger partial charge < -0.3 is 14.5 Å². The monoisotopic (exact) mass is 279 g/mol. The Bertz CT molecular complexity index is 693. The van der Waals surface area contributed by atoms with E-state index in [1.807, 2.05) is 0 Å². The van der Waals surface area contributed by atoms with Crippen molar-refractivity contribution in [1.82, 2.24) is 4.98 Å². The first kappa shape index (κ1) is 13.5. The minimum absolute atomic E-state index is 0.0349. The summed E-state index contributed by atoms with van der Waals surface area (Å²) in [6.45, 7) is 0. The van der Waals surface area contributed by atoms with Crippen LogP contribution >= 0.6 is 11.8 Å². The molecular weight excluding hydrogens is 266 g/mol. The number of carbonyl (C=O) groups is 1. The first-order valence-corrected chi connectivity index (χ1v) is 6.71. The number of pyridine rings is 1. The van der Waals surface area contributed by atoms with Gasteiger partial charge in [0.1, 0.15) is 11.3 Å². The van der Waals surface area contributed by atoms with Gasteiger partial charge in [-0.2, -0.15) is 0 Å². The topological polar surface area (TPSA) is 68.4 Å². The van der Waals surface area contributed by atoms with Gasteiger partial charge in [0.05, 0.1) is 24.8 Å². The van der Waals surface area contributed by atoms with Crippen LogP contribution < -0.4 is 10.2 Å². The first-order valence-electron chi connectivity index (χ1n) is 5.48. The third kappa shape index (κ3) is 2.31. The third-order valence-electron chi connectivity index (χ3n) is 2.77. The van der Waals surface area contributed by atoms with E-state index in [9.17, 15) is 9.59 Å². The van der Waals surface area contributed by atoms with E-state index in [0.717, 1.165) is 0 Å². The number of methoxy groups -OCH3 is 2. The lowest BCUT2D eigenvalue weighted by atomic mass is 10.1. The van der Waals surface area contributed by atoms with E-state index in [1.54, 1.807) is 31.6 Å². The summed E-state index contributed by atoms with van der Waals surface area (Å²) in [6, 6.07) is 5.03. The number of esters is 1. The van der Waals surface area contributed by atoms with Crippen molar-refractivity contribution in [2.24, 2.45) is 0 Å². The number of hydrogen-bond acceptors (Lipinski definition) is 5. The molecule has 0 unspecified atom stereocenters. The maximum atomic E-state index is 12.3. The maximum Gasteiger partial charge on any atom is 0.344 e. The predicted octanol–water partition coefficient (Wildman–Crippen LogP) is 2.05. The average molecular weight is 279 g/mol. The van der Waals surface area contributed by atoms with Gasteiger partial charge in [-0.25, -0.2) is 4.79 Å². The van der Waals surface area contributed by atoms with Crippen molar-refractivity contribution >= 4 is 28.6 Å². The quantitative estimate of drug-likeness (QED) is 0.688. The Morgan fingerprint density at radius 2 is 2.05 bits per heavy atom. The number of carbonyl (C=O) groups excluding carboxylic acids is 1. The molecule has 0 bridgehead atoms. The summed E-state index contributed by atoms with van der Waals surface area (Å²) >= 11 is 1.28. The zero-order valence-corrected chi connectivity index (χ0v) is 11.6. The van der Waals surface area contributed by atoms with Gasteiger partial charge in [-0.15, -0.1) is 11.8 Å². The number of rotatable bonds is 3. The number of ether oxygens (including phenoxy) is 2. The Labute approximate surface area is 113 Å². The molecule has 1 aromatic carbocycles. The van der Waals surface area contributed by atoms with E-state index >= 15 is 0 Å². The van der Waals surface area contributed by atoms with Gasteiger partial charge in [0, 0.05) is 11.5 Å². The smallest absolute Gasteiger partial charge is 0.344 e. The predicted molar refractivity (Wildman–Crippen MR) is 74.2 cm³/mol. The van der Waals surface area contributed by atoms with Crippen LogP contribution in [0, 0.1) is 0 Å². The van der Waals surface area contributed by atoms with Crippen molar-refractivity contribution in [2.75, 3.05) is 20.5 Å². The summed E-state index contributed by atoms with van der Waals surface area (Å²) in [5.74, 6) is 0.00402. The van der Waals surface area contributed by atoms with E-state index in [-0.39, 0.29) is 11.0 Å². The molecule has 5 nitrogen and oxygen atoms in total. The highest BCUT2D eigenvalue weighted by molar-refractivity contribution is 7.98. The summed E-state index contributed by atoms with van der Waals surface area (Å²) in [5.41, 5.74) is 0.321. The van der Waals surface area contributed by atoms with Crippen LogP contribution in [-0.4, -0.2) is 31.4 Å². The zero-order chi connectivity index (χ0) is 14.0. The van der Waals surface area contributed by atoms with Gasteiger partial charge in [-0.05, 0) is 18.4 Å². The number of H-pyrrole nitrogens is 1. The third-order valence-corrected chi connectivity index (χ3v) is 3.48. The molecule has 0 atom stereocenters. The summed E-state index contributed by atoms with van der Waals surface area (Å²) < 4.78 is 9.77. The van der Waals surface area contributed by atoms with Gasteiger partial charge in [-0.3, -0.25) is 4.79 Å². The fraction of sp³-hybridized carbons (Fsp3) is 0.231. The summed E-state index contributed by atoms with van der Waals surface area (Å²) in [7, 11) is 2.81. The van der Waals surface area contributed by atoms with Crippen LogP contribution in [0.25, 0.3) is 10.9 Å². The largest absolute Gasteiger partial charge is 0.497 e. The molecule has 0 aliphatic carbocycles. The summed E-state index contributed by atoms with van der Waals surface area (Å²) in [5, 5.41) is 0.914. The van der Waals surface area contributed by atoms with Crippen molar-refractivity contribution in [2.45, 2.75) is 5.03 Å². The number of hydrogen-bond donors (Lipinski definition) is 1. The summed E-state index contributed by atoms with van der Waals surface area (Å²) in [6.07, 6.45) is 1.78. The van der Waals surface area contributed by atoms with E-state index in [4.69, 9.17) is 4.74 Å². The number of fused-ring (bicyclic) bond motifs is 1. The molecular formula is C13H13NO4S. The first-order chi connectivity index (χ1) is 9.12. The van der Waals surface area contributed by atoms with Crippen LogP contribution in [0.1, 0.15) is 10.4 Å². The molecule has 0 saturated heterocycles. The van der Waals surface area contributed by atoms with Crippen LogP contribution in [0.2, 0.25) is 0 Å². The second-order valence-electron chi connectivity index (χ2n) is 3.77. The molecule has 0 aliphatic heterocycles. The van der Waals surface area contributed by atoms with Crippen LogP contribution in [0.15, 0.2) is 28.0 Å². The summed E-state index contributed by atoms with van der Waals surface area (Å²) in [4.78, 5) is 27.1. The Morgan fingerprint density at radius 1 is 1.32 bits per heavy atom. The molecule has 19 heavy (non-hydrogen) atoms. The van der Waals surface area contributed by atoms with Crippen molar-refractivity contribution in [3.05, 3.63) is 34.0 Å². The average Bonchev–Trinajstić information content (AvgIpc) is 2.45. The van der Waals surface area contributed by atoms with Crippen molar-refractivity contribution < 1.29 is 14.3 Å². The minimum Gasteiger partial charge on any atom is -0.497 e.